The first-order valence-electron chi connectivity index (χ1n) is 6.26. The van der Waals surface area contributed by atoms with Crippen molar-refractivity contribution in [1.29, 1.82) is 0 Å². The highest BCUT2D eigenvalue weighted by molar-refractivity contribution is 5.16. The highest BCUT2D eigenvalue weighted by Crippen LogP contribution is 2.26. The Bertz CT molecular complexity index is 355. The fourth-order valence-corrected chi connectivity index (χ4v) is 2.35. The van der Waals surface area contributed by atoms with Crippen molar-refractivity contribution in [3.8, 4) is 0 Å². The lowest BCUT2D eigenvalue weighted by Crippen LogP contribution is -2.45. The van der Waals surface area contributed by atoms with E-state index in [1.54, 1.807) is 0 Å². The van der Waals surface area contributed by atoms with Crippen LogP contribution in [0.15, 0.2) is 36.7 Å². The first kappa shape index (κ1) is 12.3. The summed E-state index contributed by atoms with van der Waals surface area (Å²) in [6.07, 6.45) is 4.83. The quantitative estimate of drug-likeness (QED) is 0.803. The Morgan fingerprint density at radius 2 is 2.29 bits per heavy atom. The number of nitrogens with one attached hydrogen (secondary N) is 1. The summed E-state index contributed by atoms with van der Waals surface area (Å²) >= 11 is 0. The van der Waals surface area contributed by atoms with Crippen molar-refractivity contribution >= 4 is 0 Å². The maximum absolute atomic E-state index is 4.24. The van der Waals surface area contributed by atoms with E-state index in [9.17, 15) is 0 Å². The molecule has 1 aromatic rings. The van der Waals surface area contributed by atoms with E-state index in [0.717, 1.165) is 32.6 Å². The van der Waals surface area contributed by atoms with Crippen LogP contribution >= 0.6 is 0 Å². The highest BCUT2D eigenvalue weighted by Gasteiger charge is 2.21. The molecule has 3 heteroatoms. The first-order valence-corrected chi connectivity index (χ1v) is 6.26. The molecular formula is C14H21N3. The molecule has 17 heavy (non-hydrogen) atoms. The minimum atomic E-state index is 0.434. The minimum Gasteiger partial charge on any atom is -0.314 e. The van der Waals surface area contributed by atoms with Gasteiger partial charge in [0, 0.05) is 44.6 Å². The molecule has 0 bridgehead atoms. The van der Waals surface area contributed by atoms with Gasteiger partial charge in [-0.3, -0.25) is 9.88 Å². The molecular weight excluding hydrogens is 210 g/mol. The molecule has 0 radical (unpaired) electrons. The average molecular weight is 231 g/mol. The predicted molar refractivity (Wildman–Crippen MR) is 70.9 cm³/mol. The van der Waals surface area contributed by atoms with Crippen molar-refractivity contribution < 1.29 is 0 Å². The van der Waals surface area contributed by atoms with Gasteiger partial charge in [-0.2, -0.15) is 0 Å². The number of piperazine rings is 1. The number of rotatable bonds is 4. The summed E-state index contributed by atoms with van der Waals surface area (Å²) < 4.78 is 0. The summed E-state index contributed by atoms with van der Waals surface area (Å²) in [5.74, 6) is 0. The Hall–Kier alpha value is -1.19. The number of nitrogens with zero attached hydrogens (tertiary/aromatic N) is 2. The van der Waals surface area contributed by atoms with Gasteiger partial charge in [0.1, 0.15) is 0 Å². The lowest BCUT2D eigenvalue weighted by atomic mass is 9.99. The third-order valence-corrected chi connectivity index (χ3v) is 3.20. The molecule has 1 aliphatic rings. The summed E-state index contributed by atoms with van der Waals surface area (Å²) in [4.78, 5) is 6.77. The van der Waals surface area contributed by atoms with Crippen molar-refractivity contribution in [2.45, 2.75) is 19.4 Å². The summed E-state index contributed by atoms with van der Waals surface area (Å²) in [6.45, 7) is 10.5. The SMILES string of the molecule is C=C(C)C[C@@H](c1cccnc1)N1CCNCC1. The molecule has 1 aliphatic heterocycles. The van der Waals surface area contributed by atoms with Crippen molar-refractivity contribution in [2.24, 2.45) is 0 Å². The zero-order valence-corrected chi connectivity index (χ0v) is 10.5. The van der Waals surface area contributed by atoms with E-state index in [-0.39, 0.29) is 0 Å². The number of aromatic nitrogens is 1. The molecule has 0 saturated carbocycles. The lowest BCUT2D eigenvalue weighted by molar-refractivity contribution is 0.172. The van der Waals surface area contributed by atoms with Crippen LogP contribution < -0.4 is 5.32 Å². The molecule has 2 rings (SSSR count). The second kappa shape index (κ2) is 5.94. The van der Waals surface area contributed by atoms with Crippen LogP contribution in [0.25, 0.3) is 0 Å². The summed E-state index contributed by atoms with van der Waals surface area (Å²) in [5.41, 5.74) is 2.54. The van der Waals surface area contributed by atoms with Crippen molar-refractivity contribution in [1.82, 2.24) is 15.2 Å². The van der Waals surface area contributed by atoms with Gasteiger partial charge < -0.3 is 5.32 Å². The number of hydrogen-bond acceptors (Lipinski definition) is 3. The third-order valence-electron chi connectivity index (χ3n) is 3.20. The largest absolute Gasteiger partial charge is 0.314 e. The van der Waals surface area contributed by atoms with E-state index in [2.05, 4.69) is 34.8 Å². The normalized spacial score (nSPS) is 18.9. The lowest BCUT2D eigenvalue weighted by Gasteiger charge is -2.35. The number of pyridine rings is 1. The molecule has 1 N–H and O–H groups in total. The second-order valence-corrected chi connectivity index (χ2v) is 4.75. The molecule has 1 atom stereocenters. The average Bonchev–Trinajstić information content (AvgIpc) is 2.38. The molecule has 0 amide bonds. The minimum absolute atomic E-state index is 0.434. The van der Waals surface area contributed by atoms with E-state index in [0.29, 0.717) is 6.04 Å². The van der Waals surface area contributed by atoms with Crippen molar-refractivity contribution in [3.05, 3.63) is 42.2 Å². The van der Waals surface area contributed by atoms with Crippen molar-refractivity contribution in [2.75, 3.05) is 26.2 Å². The van der Waals surface area contributed by atoms with Crippen LogP contribution in [0.5, 0.6) is 0 Å². The maximum Gasteiger partial charge on any atom is 0.0401 e. The van der Waals surface area contributed by atoms with Crippen LogP contribution in [-0.4, -0.2) is 36.1 Å². The van der Waals surface area contributed by atoms with E-state index in [4.69, 9.17) is 0 Å². The van der Waals surface area contributed by atoms with Gasteiger partial charge in [0.05, 0.1) is 0 Å². The number of hydrogen-bond donors (Lipinski definition) is 1. The van der Waals surface area contributed by atoms with Crippen LogP contribution in [0.4, 0.5) is 0 Å². The molecule has 1 saturated heterocycles. The van der Waals surface area contributed by atoms with E-state index < -0.39 is 0 Å². The maximum atomic E-state index is 4.24. The standard InChI is InChI=1S/C14H21N3/c1-12(2)10-14(13-4-3-5-16-11-13)17-8-6-15-7-9-17/h3-5,11,14-15H,1,6-10H2,2H3/t14-/m0/s1. The molecule has 3 nitrogen and oxygen atoms in total. The molecule has 1 fully saturated rings. The molecule has 0 unspecified atom stereocenters. The molecule has 0 aliphatic carbocycles. The molecule has 1 aromatic heterocycles. The smallest absolute Gasteiger partial charge is 0.0401 e. The van der Waals surface area contributed by atoms with Gasteiger partial charge in [0.15, 0.2) is 0 Å². The molecule has 92 valence electrons. The van der Waals surface area contributed by atoms with Crippen LogP contribution in [-0.2, 0) is 0 Å². The first-order chi connectivity index (χ1) is 8.27. The molecule has 2 heterocycles. The van der Waals surface area contributed by atoms with E-state index >= 15 is 0 Å². The van der Waals surface area contributed by atoms with Crippen LogP contribution in [0, 0.1) is 0 Å². The Labute approximate surface area is 104 Å². The fourth-order valence-electron chi connectivity index (χ4n) is 2.35. The van der Waals surface area contributed by atoms with Crippen molar-refractivity contribution in [3.63, 3.8) is 0 Å². The second-order valence-electron chi connectivity index (χ2n) is 4.75. The topological polar surface area (TPSA) is 28.2 Å². The Balaban J connectivity index is 2.15. The van der Waals surface area contributed by atoms with Crippen LogP contribution in [0.3, 0.4) is 0 Å². The van der Waals surface area contributed by atoms with Gasteiger partial charge in [-0.25, -0.2) is 0 Å². The van der Waals surface area contributed by atoms with Gasteiger partial charge in [0.2, 0.25) is 0 Å². The fraction of sp³-hybridized carbons (Fsp3) is 0.500. The summed E-state index contributed by atoms with van der Waals surface area (Å²) in [5, 5.41) is 3.39. The zero-order valence-electron chi connectivity index (χ0n) is 10.5. The monoisotopic (exact) mass is 231 g/mol. The van der Waals surface area contributed by atoms with E-state index in [1.165, 1.54) is 11.1 Å². The molecule has 0 spiro atoms. The predicted octanol–water partition coefficient (Wildman–Crippen LogP) is 1.99. The van der Waals surface area contributed by atoms with Gasteiger partial charge in [-0.05, 0) is 25.0 Å². The summed E-state index contributed by atoms with van der Waals surface area (Å²) in [7, 11) is 0. The van der Waals surface area contributed by atoms with Crippen LogP contribution in [0.1, 0.15) is 24.9 Å². The van der Waals surface area contributed by atoms with Crippen LogP contribution in [0.2, 0.25) is 0 Å². The van der Waals surface area contributed by atoms with E-state index in [1.807, 2.05) is 18.5 Å². The Morgan fingerprint density at radius 3 is 2.88 bits per heavy atom. The van der Waals surface area contributed by atoms with Gasteiger partial charge in [-0.1, -0.05) is 11.6 Å². The van der Waals surface area contributed by atoms with Gasteiger partial charge >= 0.3 is 0 Å². The third kappa shape index (κ3) is 3.38. The van der Waals surface area contributed by atoms with Gasteiger partial charge in [-0.15, -0.1) is 6.58 Å². The molecule has 0 aromatic carbocycles. The highest BCUT2D eigenvalue weighted by atomic mass is 15.2. The Kier molecular flexibility index (Phi) is 4.29. The summed E-state index contributed by atoms with van der Waals surface area (Å²) in [6, 6.07) is 4.62. The zero-order chi connectivity index (χ0) is 12.1. The Morgan fingerprint density at radius 1 is 1.53 bits per heavy atom. The van der Waals surface area contributed by atoms with Gasteiger partial charge in [0.25, 0.3) is 0 Å².